The maximum Gasteiger partial charge on any atom is 0.257 e. The molecule has 2 aliphatic heterocycles. The van der Waals surface area contributed by atoms with Gasteiger partial charge in [-0.1, -0.05) is 17.7 Å². The lowest BCUT2D eigenvalue weighted by molar-refractivity contribution is 0.0589. The molecule has 1 saturated heterocycles. The van der Waals surface area contributed by atoms with E-state index in [1.165, 1.54) is 12.1 Å². The Hall–Kier alpha value is -2.60. The standard InChI is InChI=1S/C21H21ClFN3O2/c1-25-18-11-14(20(27)24-12-13-5-8-17(23)16(22)10-13)6-7-15(18)21(28)26-9-3-2-4-19(25)26/h5-8,10-11,19H,2-4,9,12H2,1H3,(H,24,27)/t19-/m1/s1. The number of nitrogens with one attached hydrogen (secondary N) is 1. The van der Waals surface area contributed by atoms with Gasteiger partial charge in [0.2, 0.25) is 0 Å². The first kappa shape index (κ1) is 18.7. The predicted molar refractivity (Wildman–Crippen MR) is 106 cm³/mol. The number of hydrogen-bond acceptors (Lipinski definition) is 3. The van der Waals surface area contributed by atoms with E-state index in [2.05, 4.69) is 10.2 Å². The van der Waals surface area contributed by atoms with Crippen LogP contribution in [0.5, 0.6) is 0 Å². The maximum absolute atomic E-state index is 13.3. The van der Waals surface area contributed by atoms with E-state index in [0.717, 1.165) is 31.5 Å². The molecule has 2 amide bonds. The molecule has 146 valence electrons. The summed E-state index contributed by atoms with van der Waals surface area (Å²) in [5.41, 5.74) is 2.60. The van der Waals surface area contributed by atoms with Gasteiger partial charge in [-0.25, -0.2) is 4.39 Å². The van der Waals surface area contributed by atoms with Gasteiger partial charge in [0.15, 0.2) is 0 Å². The third kappa shape index (κ3) is 3.33. The van der Waals surface area contributed by atoms with E-state index in [0.29, 0.717) is 16.7 Å². The summed E-state index contributed by atoms with van der Waals surface area (Å²) in [6.07, 6.45) is 3.10. The van der Waals surface area contributed by atoms with Crippen molar-refractivity contribution in [1.29, 1.82) is 0 Å². The Balaban J connectivity index is 1.53. The number of carbonyl (C=O) groups is 2. The van der Waals surface area contributed by atoms with Crippen molar-refractivity contribution in [1.82, 2.24) is 10.2 Å². The number of halogens is 2. The van der Waals surface area contributed by atoms with Gasteiger partial charge >= 0.3 is 0 Å². The van der Waals surface area contributed by atoms with Crippen molar-refractivity contribution < 1.29 is 14.0 Å². The molecule has 0 radical (unpaired) electrons. The van der Waals surface area contributed by atoms with Crippen LogP contribution in [0.15, 0.2) is 36.4 Å². The number of anilines is 1. The lowest BCUT2D eigenvalue weighted by atomic mass is 9.97. The summed E-state index contributed by atoms with van der Waals surface area (Å²) in [7, 11) is 1.97. The monoisotopic (exact) mass is 401 g/mol. The molecule has 2 aromatic rings. The first-order chi connectivity index (χ1) is 13.5. The van der Waals surface area contributed by atoms with E-state index in [1.54, 1.807) is 24.3 Å². The van der Waals surface area contributed by atoms with Crippen LogP contribution in [0.1, 0.15) is 45.5 Å². The van der Waals surface area contributed by atoms with Gasteiger partial charge in [0.05, 0.1) is 16.3 Å². The SMILES string of the molecule is CN1c2cc(C(=O)NCc3ccc(F)c(Cl)c3)ccc2C(=O)N2CCCC[C@@H]21. The summed E-state index contributed by atoms with van der Waals surface area (Å²) >= 11 is 5.78. The molecular formula is C21H21ClFN3O2. The molecule has 0 aromatic heterocycles. The minimum absolute atomic E-state index is 0.0257. The van der Waals surface area contributed by atoms with Gasteiger partial charge < -0.3 is 15.1 Å². The third-order valence-electron chi connectivity index (χ3n) is 5.49. The topological polar surface area (TPSA) is 52.7 Å². The first-order valence-corrected chi connectivity index (χ1v) is 9.73. The number of fused-ring (bicyclic) bond motifs is 2. The molecule has 1 atom stereocenters. The van der Waals surface area contributed by atoms with Gasteiger partial charge in [-0.05, 0) is 55.2 Å². The molecular weight excluding hydrogens is 381 g/mol. The molecule has 4 rings (SSSR count). The summed E-state index contributed by atoms with van der Waals surface area (Å²) in [5, 5.41) is 2.84. The van der Waals surface area contributed by atoms with E-state index < -0.39 is 5.82 Å². The summed E-state index contributed by atoms with van der Waals surface area (Å²) in [4.78, 5) is 29.4. The van der Waals surface area contributed by atoms with Crippen molar-refractivity contribution in [3.63, 3.8) is 0 Å². The number of nitrogens with zero attached hydrogens (tertiary/aromatic N) is 2. The highest BCUT2D eigenvalue weighted by Crippen LogP contribution is 2.34. The summed E-state index contributed by atoms with van der Waals surface area (Å²) in [6.45, 7) is 1.01. The highest BCUT2D eigenvalue weighted by atomic mass is 35.5. The predicted octanol–water partition coefficient (Wildman–Crippen LogP) is 3.81. The fraction of sp³-hybridized carbons (Fsp3) is 0.333. The summed E-state index contributed by atoms with van der Waals surface area (Å²) in [6, 6.07) is 9.52. The Morgan fingerprint density at radius 3 is 2.86 bits per heavy atom. The maximum atomic E-state index is 13.3. The van der Waals surface area contributed by atoms with Gasteiger partial charge in [0.25, 0.3) is 11.8 Å². The molecule has 7 heteroatoms. The quantitative estimate of drug-likeness (QED) is 0.850. The molecule has 28 heavy (non-hydrogen) atoms. The van der Waals surface area contributed by atoms with Crippen LogP contribution in [0.2, 0.25) is 5.02 Å². The Bertz CT molecular complexity index is 949. The van der Waals surface area contributed by atoms with Crippen LogP contribution in [-0.2, 0) is 6.54 Å². The molecule has 2 aliphatic rings. The first-order valence-electron chi connectivity index (χ1n) is 9.35. The molecule has 1 fully saturated rings. The van der Waals surface area contributed by atoms with Gasteiger partial charge in [-0.3, -0.25) is 9.59 Å². The molecule has 1 N–H and O–H groups in total. The number of carbonyl (C=O) groups excluding carboxylic acids is 2. The minimum atomic E-state index is -0.490. The van der Waals surface area contributed by atoms with Crippen LogP contribution in [0.3, 0.4) is 0 Å². The molecule has 0 unspecified atom stereocenters. The van der Waals surface area contributed by atoms with E-state index in [1.807, 2.05) is 11.9 Å². The molecule has 0 aliphatic carbocycles. The Kier molecular flexibility index (Phi) is 4.98. The smallest absolute Gasteiger partial charge is 0.257 e. The fourth-order valence-corrected chi connectivity index (χ4v) is 4.15. The van der Waals surface area contributed by atoms with Crippen LogP contribution >= 0.6 is 11.6 Å². The molecule has 5 nitrogen and oxygen atoms in total. The number of amides is 2. The number of hydrogen-bond donors (Lipinski definition) is 1. The molecule has 0 spiro atoms. The van der Waals surface area contributed by atoms with Crippen LogP contribution in [-0.4, -0.2) is 36.5 Å². The van der Waals surface area contributed by atoms with Gasteiger partial charge in [-0.2, -0.15) is 0 Å². The fourth-order valence-electron chi connectivity index (χ4n) is 3.95. The Labute approximate surface area is 168 Å². The lowest BCUT2D eigenvalue weighted by Gasteiger charge is -2.46. The highest BCUT2D eigenvalue weighted by molar-refractivity contribution is 6.30. The minimum Gasteiger partial charge on any atom is -0.354 e. The van der Waals surface area contributed by atoms with Crippen LogP contribution in [0.4, 0.5) is 10.1 Å². The molecule has 2 aromatic carbocycles. The number of piperidine rings is 1. The van der Waals surface area contributed by atoms with Crippen LogP contribution in [0.25, 0.3) is 0 Å². The van der Waals surface area contributed by atoms with E-state index in [4.69, 9.17) is 11.6 Å². The van der Waals surface area contributed by atoms with Crippen molar-refractivity contribution in [2.75, 3.05) is 18.5 Å². The Morgan fingerprint density at radius 1 is 1.25 bits per heavy atom. The average molecular weight is 402 g/mol. The van der Waals surface area contributed by atoms with Crippen molar-refractivity contribution in [3.8, 4) is 0 Å². The Morgan fingerprint density at radius 2 is 2.07 bits per heavy atom. The van der Waals surface area contributed by atoms with Crippen LogP contribution < -0.4 is 10.2 Å². The van der Waals surface area contributed by atoms with Crippen molar-refractivity contribution in [2.24, 2.45) is 0 Å². The largest absolute Gasteiger partial charge is 0.354 e. The van der Waals surface area contributed by atoms with E-state index in [9.17, 15) is 14.0 Å². The van der Waals surface area contributed by atoms with Gasteiger partial charge in [0, 0.05) is 25.7 Å². The van der Waals surface area contributed by atoms with Crippen molar-refractivity contribution in [3.05, 3.63) is 63.9 Å². The molecule has 0 saturated carbocycles. The van der Waals surface area contributed by atoms with E-state index >= 15 is 0 Å². The van der Waals surface area contributed by atoms with Crippen LogP contribution in [0, 0.1) is 5.82 Å². The summed E-state index contributed by atoms with van der Waals surface area (Å²) in [5.74, 6) is -0.711. The van der Waals surface area contributed by atoms with Crippen molar-refractivity contribution in [2.45, 2.75) is 32.0 Å². The molecule has 0 bridgehead atoms. The lowest BCUT2D eigenvalue weighted by Crippen LogP contribution is -2.55. The normalized spacial score (nSPS) is 18.5. The highest BCUT2D eigenvalue weighted by Gasteiger charge is 2.37. The van der Waals surface area contributed by atoms with Crippen molar-refractivity contribution >= 4 is 29.1 Å². The second-order valence-electron chi connectivity index (χ2n) is 7.25. The number of rotatable bonds is 3. The second kappa shape index (κ2) is 7.43. The number of benzene rings is 2. The van der Waals surface area contributed by atoms with Gasteiger partial charge in [-0.15, -0.1) is 0 Å². The zero-order valence-electron chi connectivity index (χ0n) is 15.5. The summed E-state index contributed by atoms with van der Waals surface area (Å²) < 4.78 is 13.3. The van der Waals surface area contributed by atoms with E-state index in [-0.39, 0.29) is 29.5 Å². The van der Waals surface area contributed by atoms with Gasteiger partial charge in [0.1, 0.15) is 12.0 Å². The molecule has 2 heterocycles. The zero-order valence-corrected chi connectivity index (χ0v) is 16.3. The average Bonchev–Trinajstić information content (AvgIpc) is 2.72. The zero-order chi connectivity index (χ0) is 19.8. The third-order valence-corrected chi connectivity index (χ3v) is 5.78. The second-order valence-corrected chi connectivity index (χ2v) is 7.66.